The maximum Gasteiger partial charge on any atom is 0.230 e. The number of morpholine rings is 1. The Labute approximate surface area is 130 Å². The van der Waals surface area contributed by atoms with Crippen LogP contribution < -0.4 is 0 Å². The van der Waals surface area contributed by atoms with Crippen LogP contribution in [0.15, 0.2) is 24.3 Å². The highest BCUT2D eigenvalue weighted by molar-refractivity contribution is 6.30. The van der Waals surface area contributed by atoms with Crippen molar-refractivity contribution in [3.8, 4) is 0 Å². The van der Waals surface area contributed by atoms with E-state index in [0.717, 1.165) is 5.56 Å². The zero-order valence-corrected chi connectivity index (χ0v) is 13.2. The Morgan fingerprint density at radius 2 is 2.10 bits per heavy atom. The van der Waals surface area contributed by atoms with Crippen LogP contribution in [0.1, 0.15) is 25.3 Å². The second kappa shape index (κ2) is 7.25. The molecular formula is C16H22ClNO3. The Morgan fingerprint density at radius 1 is 1.43 bits per heavy atom. The van der Waals surface area contributed by atoms with Crippen molar-refractivity contribution in [3.63, 3.8) is 0 Å². The largest absolute Gasteiger partial charge is 0.394 e. The highest BCUT2D eigenvalue weighted by atomic mass is 35.5. The summed E-state index contributed by atoms with van der Waals surface area (Å²) in [4.78, 5) is 14.7. The average Bonchev–Trinajstić information content (AvgIpc) is 2.49. The van der Waals surface area contributed by atoms with E-state index in [4.69, 9.17) is 16.3 Å². The Hall–Kier alpha value is -1.10. The van der Waals surface area contributed by atoms with E-state index in [2.05, 4.69) is 0 Å². The molecule has 1 saturated heterocycles. The van der Waals surface area contributed by atoms with E-state index in [0.29, 0.717) is 24.8 Å². The number of aliphatic hydroxyl groups is 1. The zero-order valence-electron chi connectivity index (χ0n) is 12.5. The number of aliphatic hydroxyl groups excluding tert-OH is 1. The summed E-state index contributed by atoms with van der Waals surface area (Å²) in [6.07, 6.45) is 0. The van der Waals surface area contributed by atoms with Gasteiger partial charge in [0.05, 0.1) is 31.8 Å². The molecule has 5 heteroatoms. The van der Waals surface area contributed by atoms with Gasteiger partial charge in [-0.05, 0) is 23.6 Å². The van der Waals surface area contributed by atoms with E-state index in [1.165, 1.54) is 0 Å². The third-order valence-electron chi connectivity index (χ3n) is 3.88. The summed E-state index contributed by atoms with van der Waals surface area (Å²) >= 11 is 5.92. The predicted molar refractivity (Wildman–Crippen MR) is 82.4 cm³/mol. The molecule has 1 aliphatic heterocycles. The number of hydrogen-bond donors (Lipinski definition) is 1. The first-order valence-corrected chi connectivity index (χ1v) is 7.67. The molecule has 21 heavy (non-hydrogen) atoms. The number of halogens is 1. The zero-order chi connectivity index (χ0) is 15.4. The number of benzene rings is 1. The first-order chi connectivity index (χ1) is 10.0. The van der Waals surface area contributed by atoms with Crippen molar-refractivity contribution in [2.75, 3.05) is 26.4 Å². The second-order valence-corrected chi connectivity index (χ2v) is 6.15. The van der Waals surface area contributed by atoms with Crippen LogP contribution in [0, 0.1) is 5.92 Å². The molecule has 2 unspecified atom stereocenters. The standard InChI is InChI=1S/C16H22ClNO3/c1-11(2)15(12-3-5-13(17)6-4-12)16(20)18-7-8-21-10-14(18)9-19/h3-6,11,14-15,19H,7-10H2,1-2H3. The fourth-order valence-corrected chi connectivity index (χ4v) is 2.88. The Morgan fingerprint density at radius 3 is 2.67 bits per heavy atom. The van der Waals surface area contributed by atoms with Gasteiger partial charge in [-0.2, -0.15) is 0 Å². The topological polar surface area (TPSA) is 49.8 Å². The number of carbonyl (C=O) groups is 1. The van der Waals surface area contributed by atoms with Crippen LogP contribution in [-0.4, -0.2) is 48.3 Å². The number of rotatable bonds is 4. The van der Waals surface area contributed by atoms with Crippen LogP contribution >= 0.6 is 11.6 Å². The van der Waals surface area contributed by atoms with Crippen LogP contribution in [-0.2, 0) is 9.53 Å². The minimum Gasteiger partial charge on any atom is -0.394 e. The summed E-state index contributed by atoms with van der Waals surface area (Å²) in [5, 5.41) is 10.1. The van der Waals surface area contributed by atoms with Gasteiger partial charge in [-0.3, -0.25) is 4.79 Å². The van der Waals surface area contributed by atoms with Gasteiger partial charge in [0.2, 0.25) is 5.91 Å². The van der Waals surface area contributed by atoms with Gasteiger partial charge in [-0.1, -0.05) is 37.6 Å². The Kier molecular flexibility index (Phi) is 5.62. The van der Waals surface area contributed by atoms with Gasteiger partial charge in [0.15, 0.2) is 0 Å². The van der Waals surface area contributed by atoms with E-state index in [9.17, 15) is 9.90 Å². The molecule has 1 amide bonds. The number of hydrogen-bond acceptors (Lipinski definition) is 3. The summed E-state index contributed by atoms with van der Waals surface area (Å²) in [7, 11) is 0. The van der Waals surface area contributed by atoms with Crippen molar-refractivity contribution in [2.24, 2.45) is 5.92 Å². The molecule has 0 saturated carbocycles. The van der Waals surface area contributed by atoms with Gasteiger partial charge in [0.1, 0.15) is 0 Å². The smallest absolute Gasteiger partial charge is 0.230 e. The first kappa shape index (κ1) is 16.3. The molecule has 1 N–H and O–H groups in total. The molecule has 1 aliphatic rings. The van der Waals surface area contributed by atoms with Crippen LogP contribution in [0.4, 0.5) is 0 Å². The molecule has 0 bridgehead atoms. The van der Waals surface area contributed by atoms with Gasteiger partial charge in [0.25, 0.3) is 0 Å². The molecule has 2 rings (SSSR count). The number of carbonyl (C=O) groups excluding carboxylic acids is 1. The third kappa shape index (κ3) is 3.76. The van der Waals surface area contributed by atoms with Gasteiger partial charge in [0, 0.05) is 11.6 Å². The molecule has 116 valence electrons. The van der Waals surface area contributed by atoms with Crippen molar-refractivity contribution in [1.29, 1.82) is 0 Å². The molecule has 0 aromatic heterocycles. The van der Waals surface area contributed by atoms with Crippen molar-refractivity contribution in [2.45, 2.75) is 25.8 Å². The summed E-state index contributed by atoms with van der Waals surface area (Å²) in [6.45, 7) is 5.44. The van der Waals surface area contributed by atoms with Crippen LogP contribution in [0.25, 0.3) is 0 Å². The Bertz CT molecular complexity index is 475. The van der Waals surface area contributed by atoms with Gasteiger partial charge < -0.3 is 14.7 Å². The lowest BCUT2D eigenvalue weighted by Gasteiger charge is -2.37. The molecule has 0 radical (unpaired) electrons. The van der Waals surface area contributed by atoms with Crippen molar-refractivity contribution in [3.05, 3.63) is 34.9 Å². The highest BCUT2D eigenvalue weighted by Crippen LogP contribution is 2.29. The van der Waals surface area contributed by atoms with E-state index >= 15 is 0 Å². The van der Waals surface area contributed by atoms with Crippen LogP contribution in [0.2, 0.25) is 5.02 Å². The second-order valence-electron chi connectivity index (χ2n) is 5.72. The lowest BCUT2D eigenvalue weighted by atomic mass is 9.86. The molecule has 1 aromatic carbocycles. The van der Waals surface area contributed by atoms with E-state index in [1.54, 1.807) is 4.90 Å². The van der Waals surface area contributed by atoms with Gasteiger partial charge in [-0.25, -0.2) is 0 Å². The normalized spacial score (nSPS) is 20.6. The summed E-state index contributed by atoms with van der Waals surface area (Å²) < 4.78 is 5.34. The lowest BCUT2D eigenvalue weighted by Crippen LogP contribution is -2.52. The molecule has 0 aliphatic carbocycles. The van der Waals surface area contributed by atoms with Crippen LogP contribution in [0.5, 0.6) is 0 Å². The maximum absolute atomic E-state index is 12.9. The highest BCUT2D eigenvalue weighted by Gasteiger charge is 2.34. The maximum atomic E-state index is 12.9. The van der Waals surface area contributed by atoms with Crippen molar-refractivity contribution in [1.82, 2.24) is 4.90 Å². The Balaban J connectivity index is 2.24. The summed E-state index contributed by atoms with van der Waals surface area (Å²) in [5.74, 6) is -0.00930. The van der Waals surface area contributed by atoms with Crippen LogP contribution in [0.3, 0.4) is 0 Å². The fraction of sp³-hybridized carbons (Fsp3) is 0.562. The van der Waals surface area contributed by atoms with Gasteiger partial charge >= 0.3 is 0 Å². The molecular weight excluding hydrogens is 290 g/mol. The molecule has 4 nitrogen and oxygen atoms in total. The van der Waals surface area contributed by atoms with E-state index < -0.39 is 0 Å². The fourth-order valence-electron chi connectivity index (χ4n) is 2.76. The molecule has 1 heterocycles. The lowest BCUT2D eigenvalue weighted by molar-refractivity contribution is -0.144. The van der Waals surface area contributed by atoms with E-state index in [1.807, 2.05) is 38.1 Å². The van der Waals surface area contributed by atoms with Crippen molar-refractivity contribution < 1.29 is 14.6 Å². The number of ether oxygens (including phenoxy) is 1. The quantitative estimate of drug-likeness (QED) is 0.928. The summed E-state index contributed by atoms with van der Waals surface area (Å²) in [6, 6.07) is 7.17. The molecule has 1 aromatic rings. The predicted octanol–water partition coefficient (Wildman–Crippen LogP) is 2.30. The van der Waals surface area contributed by atoms with E-state index in [-0.39, 0.29) is 30.4 Å². The molecule has 1 fully saturated rings. The summed E-state index contributed by atoms with van der Waals surface area (Å²) in [5.41, 5.74) is 0.961. The number of nitrogens with zero attached hydrogens (tertiary/aromatic N) is 1. The first-order valence-electron chi connectivity index (χ1n) is 7.29. The minimum atomic E-state index is -0.250. The average molecular weight is 312 g/mol. The van der Waals surface area contributed by atoms with Crippen molar-refractivity contribution >= 4 is 17.5 Å². The molecule has 0 spiro atoms. The number of amides is 1. The SMILES string of the molecule is CC(C)C(C(=O)N1CCOCC1CO)c1ccc(Cl)cc1. The van der Waals surface area contributed by atoms with Gasteiger partial charge in [-0.15, -0.1) is 0 Å². The monoisotopic (exact) mass is 311 g/mol. The molecule has 2 atom stereocenters. The third-order valence-corrected chi connectivity index (χ3v) is 4.14. The minimum absolute atomic E-state index is 0.0506.